The van der Waals surface area contributed by atoms with E-state index in [0.29, 0.717) is 12.2 Å². The van der Waals surface area contributed by atoms with Gasteiger partial charge < -0.3 is 15.4 Å². The number of rotatable bonds is 6. The van der Waals surface area contributed by atoms with Gasteiger partial charge >= 0.3 is 0 Å². The molecule has 76 valence electrons. The van der Waals surface area contributed by atoms with E-state index in [-0.39, 0.29) is 18.5 Å². The Kier molecular flexibility index (Phi) is 6.14. The number of hydrogen-bond acceptors (Lipinski definition) is 3. The fourth-order valence-electron chi connectivity index (χ4n) is 1.09. The fraction of sp³-hybridized carbons (Fsp3) is 0.778. The highest BCUT2D eigenvalue weighted by molar-refractivity contribution is 5.83. The third-order valence-corrected chi connectivity index (χ3v) is 1.73. The van der Waals surface area contributed by atoms with Crippen molar-refractivity contribution in [3.8, 4) is 0 Å². The minimum absolute atomic E-state index is 0.0924. The molecule has 0 aliphatic carbocycles. The Morgan fingerprint density at radius 3 is 2.46 bits per heavy atom. The first-order valence-electron chi connectivity index (χ1n) is 4.50. The molecule has 0 bridgehead atoms. The number of carbonyl (C=O) groups is 2. The summed E-state index contributed by atoms with van der Waals surface area (Å²) in [5.74, 6) is 0.350. The van der Waals surface area contributed by atoms with Gasteiger partial charge in [-0.25, -0.2) is 0 Å². The van der Waals surface area contributed by atoms with Gasteiger partial charge in [-0.1, -0.05) is 13.8 Å². The summed E-state index contributed by atoms with van der Waals surface area (Å²) in [4.78, 5) is 21.3. The van der Waals surface area contributed by atoms with Crippen LogP contribution in [-0.4, -0.2) is 31.8 Å². The number of likely N-dealkylation sites (N-methyl/N-ethyl adjacent to an activating group) is 1. The Morgan fingerprint density at radius 2 is 2.08 bits per heavy atom. The summed E-state index contributed by atoms with van der Waals surface area (Å²) in [5.41, 5.74) is 0. The highest BCUT2D eigenvalue weighted by Crippen LogP contribution is 2.03. The van der Waals surface area contributed by atoms with Crippen LogP contribution in [0.1, 0.15) is 20.3 Å². The third kappa shape index (κ3) is 5.36. The molecule has 0 aromatic carbocycles. The Hall–Kier alpha value is -0.900. The van der Waals surface area contributed by atoms with Gasteiger partial charge in [0.15, 0.2) is 0 Å². The molecule has 1 amide bonds. The highest BCUT2D eigenvalue weighted by atomic mass is 16.2. The van der Waals surface area contributed by atoms with Crippen molar-refractivity contribution in [1.82, 2.24) is 10.6 Å². The van der Waals surface area contributed by atoms with Gasteiger partial charge in [-0.05, 0) is 19.4 Å². The van der Waals surface area contributed by atoms with Gasteiger partial charge in [0.2, 0.25) is 5.91 Å². The quantitative estimate of drug-likeness (QED) is 0.571. The van der Waals surface area contributed by atoms with Gasteiger partial charge in [-0.3, -0.25) is 4.79 Å². The molecule has 0 aliphatic rings. The number of amides is 1. The molecule has 0 saturated carbocycles. The normalized spacial score (nSPS) is 12.6. The molecule has 0 spiro atoms. The van der Waals surface area contributed by atoms with E-state index >= 15 is 0 Å². The molecule has 0 radical (unpaired) electrons. The summed E-state index contributed by atoms with van der Waals surface area (Å²) >= 11 is 0. The van der Waals surface area contributed by atoms with E-state index in [1.54, 1.807) is 7.05 Å². The van der Waals surface area contributed by atoms with Gasteiger partial charge in [0, 0.05) is 0 Å². The second-order valence-corrected chi connectivity index (χ2v) is 3.38. The Labute approximate surface area is 79.1 Å². The van der Waals surface area contributed by atoms with Crippen molar-refractivity contribution in [1.29, 1.82) is 0 Å². The van der Waals surface area contributed by atoms with E-state index in [9.17, 15) is 9.59 Å². The number of nitrogens with one attached hydrogen (secondary N) is 2. The Balaban J connectivity index is 3.91. The van der Waals surface area contributed by atoms with Crippen LogP contribution in [0.4, 0.5) is 0 Å². The van der Waals surface area contributed by atoms with Crippen molar-refractivity contribution in [2.75, 3.05) is 13.6 Å². The van der Waals surface area contributed by atoms with E-state index in [4.69, 9.17) is 0 Å². The molecule has 13 heavy (non-hydrogen) atoms. The summed E-state index contributed by atoms with van der Waals surface area (Å²) in [7, 11) is 1.74. The molecule has 0 aliphatic heterocycles. The molecule has 2 N–H and O–H groups in total. The first-order valence-corrected chi connectivity index (χ1v) is 4.50. The minimum atomic E-state index is -0.194. The number of hydrogen-bond donors (Lipinski definition) is 2. The van der Waals surface area contributed by atoms with E-state index in [1.165, 1.54) is 0 Å². The molecule has 0 rings (SSSR count). The lowest BCUT2D eigenvalue weighted by Gasteiger charge is -2.16. The monoisotopic (exact) mass is 186 g/mol. The van der Waals surface area contributed by atoms with Crippen LogP contribution in [0.3, 0.4) is 0 Å². The molecule has 4 heteroatoms. The maximum Gasteiger partial charge on any atom is 0.237 e. The molecule has 1 unspecified atom stereocenters. The summed E-state index contributed by atoms with van der Waals surface area (Å²) in [6.07, 6.45) is 1.46. The second kappa shape index (κ2) is 6.60. The van der Waals surface area contributed by atoms with Crippen LogP contribution < -0.4 is 10.6 Å². The predicted molar refractivity (Wildman–Crippen MR) is 51.4 cm³/mol. The summed E-state index contributed by atoms with van der Waals surface area (Å²) in [6, 6.07) is -0.194. The maximum atomic E-state index is 11.3. The van der Waals surface area contributed by atoms with Crippen LogP contribution in [0.25, 0.3) is 0 Å². The van der Waals surface area contributed by atoms with Crippen LogP contribution in [0, 0.1) is 5.92 Å². The zero-order valence-electron chi connectivity index (χ0n) is 8.46. The zero-order chi connectivity index (χ0) is 10.3. The van der Waals surface area contributed by atoms with Crippen molar-refractivity contribution in [2.45, 2.75) is 26.3 Å². The van der Waals surface area contributed by atoms with Crippen molar-refractivity contribution in [2.24, 2.45) is 5.92 Å². The van der Waals surface area contributed by atoms with E-state index < -0.39 is 0 Å². The first-order chi connectivity index (χ1) is 6.11. The minimum Gasteiger partial charge on any atom is -0.348 e. The van der Waals surface area contributed by atoms with Crippen LogP contribution in [0.5, 0.6) is 0 Å². The fourth-order valence-corrected chi connectivity index (χ4v) is 1.09. The molecule has 0 aromatic heterocycles. The average Bonchev–Trinajstić information content (AvgIpc) is 2.09. The van der Waals surface area contributed by atoms with Crippen LogP contribution in [-0.2, 0) is 9.59 Å². The third-order valence-electron chi connectivity index (χ3n) is 1.73. The Bertz CT molecular complexity index is 169. The van der Waals surface area contributed by atoms with Gasteiger partial charge in [-0.2, -0.15) is 0 Å². The van der Waals surface area contributed by atoms with Crippen LogP contribution >= 0.6 is 0 Å². The lowest BCUT2D eigenvalue weighted by molar-refractivity contribution is -0.124. The zero-order valence-corrected chi connectivity index (χ0v) is 8.46. The SMILES string of the molecule is CNC(CC(C)C)C(=O)NCC=O. The maximum absolute atomic E-state index is 11.3. The number of aldehydes is 1. The summed E-state index contributed by atoms with van der Waals surface area (Å²) in [5, 5.41) is 5.43. The lowest BCUT2D eigenvalue weighted by atomic mass is 10.0. The summed E-state index contributed by atoms with van der Waals surface area (Å²) in [6.45, 7) is 4.20. The summed E-state index contributed by atoms with van der Waals surface area (Å²) < 4.78 is 0. The smallest absolute Gasteiger partial charge is 0.237 e. The lowest BCUT2D eigenvalue weighted by Crippen LogP contribution is -2.43. The molecular weight excluding hydrogens is 168 g/mol. The Morgan fingerprint density at radius 1 is 1.46 bits per heavy atom. The average molecular weight is 186 g/mol. The van der Waals surface area contributed by atoms with E-state index in [1.807, 2.05) is 0 Å². The van der Waals surface area contributed by atoms with Gasteiger partial charge in [0.05, 0.1) is 12.6 Å². The van der Waals surface area contributed by atoms with Crippen molar-refractivity contribution < 1.29 is 9.59 Å². The van der Waals surface area contributed by atoms with E-state index in [0.717, 1.165) is 6.42 Å². The molecule has 4 nitrogen and oxygen atoms in total. The number of carbonyl (C=O) groups excluding carboxylic acids is 2. The van der Waals surface area contributed by atoms with Crippen LogP contribution in [0.15, 0.2) is 0 Å². The molecule has 1 atom stereocenters. The molecule has 0 fully saturated rings. The van der Waals surface area contributed by atoms with Crippen molar-refractivity contribution >= 4 is 12.2 Å². The second-order valence-electron chi connectivity index (χ2n) is 3.38. The van der Waals surface area contributed by atoms with Gasteiger partial charge in [-0.15, -0.1) is 0 Å². The molecule has 0 saturated heterocycles. The standard InChI is InChI=1S/C9H18N2O2/c1-7(2)6-8(10-3)9(13)11-4-5-12/h5,7-8,10H,4,6H2,1-3H3,(H,11,13). The van der Waals surface area contributed by atoms with Gasteiger partial charge in [0.25, 0.3) is 0 Å². The first kappa shape index (κ1) is 12.1. The molecule has 0 aromatic rings. The van der Waals surface area contributed by atoms with E-state index in [2.05, 4.69) is 24.5 Å². The molecular formula is C9H18N2O2. The van der Waals surface area contributed by atoms with Crippen LogP contribution in [0.2, 0.25) is 0 Å². The van der Waals surface area contributed by atoms with Crippen molar-refractivity contribution in [3.05, 3.63) is 0 Å². The van der Waals surface area contributed by atoms with Gasteiger partial charge in [0.1, 0.15) is 6.29 Å². The topological polar surface area (TPSA) is 58.2 Å². The largest absolute Gasteiger partial charge is 0.348 e. The predicted octanol–water partition coefficient (Wildman–Crippen LogP) is -0.0644. The highest BCUT2D eigenvalue weighted by Gasteiger charge is 2.16. The van der Waals surface area contributed by atoms with Crippen molar-refractivity contribution in [3.63, 3.8) is 0 Å². The molecule has 0 heterocycles.